The lowest BCUT2D eigenvalue weighted by Gasteiger charge is -2.23. The van der Waals surface area contributed by atoms with Crippen molar-refractivity contribution < 1.29 is 0 Å². The number of nitriles is 4. The number of hydrogen-bond acceptors (Lipinski definition) is 4. The molecule has 0 N–H and O–H groups in total. The molecule has 6 aromatic carbocycles. The van der Waals surface area contributed by atoms with Gasteiger partial charge in [-0.3, -0.25) is 0 Å². The Morgan fingerprint density at radius 3 is 1.37 bits per heavy atom. The van der Waals surface area contributed by atoms with Crippen molar-refractivity contribution in [2.45, 2.75) is 19.3 Å². The average Bonchev–Trinajstić information content (AvgIpc) is 3.89. The summed E-state index contributed by atoms with van der Waals surface area (Å²) in [5.41, 5.74) is 12.8. The minimum atomic E-state index is -0.399. The van der Waals surface area contributed by atoms with E-state index >= 15 is 0 Å². The lowest BCUT2D eigenvalue weighted by atomic mass is 9.79. The highest BCUT2D eigenvalue weighted by molar-refractivity contribution is 6.32. The quantitative estimate of drug-likeness (QED) is 0.168. The Morgan fingerprint density at radius 1 is 0.469 bits per heavy atom. The number of aromatic nitrogens is 2. The molecule has 0 saturated carbocycles. The third-order valence-corrected chi connectivity index (χ3v) is 11.2. The van der Waals surface area contributed by atoms with Gasteiger partial charge in [-0.25, -0.2) is 0 Å². The molecule has 0 unspecified atom stereocenters. The Morgan fingerprint density at radius 2 is 0.878 bits per heavy atom. The molecule has 0 radical (unpaired) electrons. The zero-order valence-corrected chi connectivity index (χ0v) is 26.3. The van der Waals surface area contributed by atoms with Gasteiger partial charge in [0, 0.05) is 48.5 Å². The van der Waals surface area contributed by atoms with Crippen LogP contribution in [-0.4, -0.2) is 8.80 Å². The molecule has 11 rings (SSSR count). The monoisotopic (exact) mass is 620 g/mol. The van der Waals surface area contributed by atoms with Crippen LogP contribution < -0.4 is 0 Å². The molecule has 4 heterocycles. The van der Waals surface area contributed by atoms with E-state index in [1.54, 1.807) is 0 Å². The van der Waals surface area contributed by atoms with Crippen LogP contribution in [0.15, 0.2) is 84.9 Å². The largest absolute Gasteiger partial charge is 0.308 e. The zero-order valence-electron chi connectivity index (χ0n) is 26.3. The second-order valence-electron chi connectivity index (χ2n) is 13.8. The summed E-state index contributed by atoms with van der Waals surface area (Å²) in [6.07, 6.45) is 0. The van der Waals surface area contributed by atoms with E-state index in [2.05, 4.69) is 83.3 Å². The Hall–Kier alpha value is -7.12. The van der Waals surface area contributed by atoms with Crippen LogP contribution in [0.25, 0.3) is 87.3 Å². The predicted octanol–water partition coefficient (Wildman–Crippen LogP) is 9.78. The summed E-state index contributed by atoms with van der Waals surface area (Å²) in [7, 11) is 0. The molecule has 0 bridgehead atoms. The summed E-state index contributed by atoms with van der Waals surface area (Å²) in [5, 5.41) is 48.3. The van der Waals surface area contributed by atoms with Crippen LogP contribution in [0, 0.1) is 45.3 Å². The van der Waals surface area contributed by atoms with Crippen LogP contribution in [0.2, 0.25) is 0 Å². The maximum atomic E-state index is 9.92. The van der Waals surface area contributed by atoms with Crippen molar-refractivity contribution in [3.8, 4) is 35.4 Å². The first kappa shape index (κ1) is 26.0. The maximum absolute atomic E-state index is 9.92. The van der Waals surface area contributed by atoms with Gasteiger partial charge in [-0.05, 0) is 82.9 Å². The van der Waals surface area contributed by atoms with E-state index in [0.29, 0.717) is 22.3 Å². The van der Waals surface area contributed by atoms with Crippen LogP contribution in [0.4, 0.5) is 0 Å². The second kappa shape index (κ2) is 8.23. The minimum absolute atomic E-state index is 0.399. The molecule has 0 amide bonds. The maximum Gasteiger partial charge on any atom is 0.0992 e. The van der Waals surface area contributed by atoms with E-state index in [-0.39, 0.29) is 0 Å². The molecule has 0 atom stereocenters. The van der Waals surface area contributed by atoms with Gasteiger partial charge in [0.15, 0.2) is 0 Å². The summed E-state index contributed by atoms with van der Waals surface area (Å²) in [6.45, 7) is 4.62. The number of nitrogens with zero attached hydrogens (tertiary/aromatic N) is 6. The molecule has 6 heteroatoms. The molecule has 1 aliphatic carbocycles. The summed E-state index contributed by atoms with van der Waals surface area (Å²) in [4.78, 5) is 0. The highest BCUT2D eigenvalue weighted by atomic mass is 14.9. The predicted molar refractivity (Wildman–Crippen MR) is 192 cm³/mol. The molecule has 222 valence electrons. The van der Waals surface area contributed by atoms with E-state index in [0.717, 1.165) is 70.8 Å². The Labute approximate surface area is 278 Å². The topological polar surface area (TPSA) is 104 Å². The van der Waals surface area contributed by atoms with Crippen LogP contribution in [-0.2, 0) is 5.41 Å². The van der Waals surface area contributed by atoms with Crippen molar-refractivity contribution in [2.24, 2.45) is 0 Å². The van der Waals surface area contributed by atoms with Crippen molar-refractivity contribution in [3.63, 3.8) is 0 Å². The van der Waals surface area contributed by atoms with E-state index in [9.17, 15) is 21.0 Å². The van der Waals surface area contributed by atoms with E-state index in [1.165, 1.54) is 27.6 Å². The lowest BCUT2D eigenvalue weighted by Crippen LogP contribution is -2.15. The number of fused-ring (bicyclic) bond motifs is 17. The molecular formula is C43H20N6. The SMILES string of the molecule is CC1(C)c2cc3c4ccc(C#N)cc4n4c5cc(C#N)ccc5c(c2-c2cc5c6ccc(C#N)cc6n6c7cc(C#N)ccc7c(c21)c56)c34. The van der Waals surface area contributed by atoms with Crippen molar-refractivity contribution >= 4 is 76.2 Å². The molecule has 0 spiro atoms. The van der Waals surface area contributed by atoms with E-state index in [4.69, 9.17) is 0 Å². The molecular weight excluding hydrogens is 601 g/mol. The van der Waals surface area contributed by atoms with Crippen molar-refractivity contribution in [3.05, 3.63) is 118 Å². The highest BCUT2D eigenvalue weighted by Crippen LogP contribution is 2.59. The first-order chi connectivity index (χ1) is 23.9. The smallest absolute Gasteiger partial charge is 0.0992 e. The van der Waals surface area contributed by atoms with E-state index < -0.39 is 5.41 Å². The third-order valence-electron chi connectivity index (χ3n) is 11.2. The van der Waals surface area contributed by atoms with Crippen LogP contribution in [0.5, 0.6) is 0 Å². The van der Waals surface area contributed by atoms with Gasteiger partial charge in [0.1, 0.15) is 0 Å². The number of benzene rings is 6. The van der Waals surface area contributed by atoms with Crippen molar-refractivity contribution in [2.75, 3.05) is 0 Å². The fourth-order valence-electron chi connectivity index (χ4n) is 9.26. The molecule has 4 aromatic heterocycles. The summed E-state index contributed by atoms with van der Waals surface area (Å²) in [5.74, 6) is 0. The third kappa shape index (κ3) is 2.79. The Balaban J connectivity index is 1.41. The van der Waals surface area contributed by atoms with E-state index in [1.807, 2.05) is 48.5 Å². The van der Waals surface area contributed by atoms with Crippen LogP contribution in [0.3, 0.4) is 0 Å². The molecule has 10 aromatic rings. The standard InChI is InChI=1S/C43H20N6/c1-43(2)32-16-30-26-8-4-22(18-45)12-34(26)48-35-13-23(19-46)5-9-27(35)38(41(30)48)37(32)31-15-29-25-7-3-21(17-44)11-33(25)49-36-14-24(20-47)6-10-28(36)39(40(31)43)42(29)49/h3-16H,1-2H3. The number of hydrogen-bond donors (Lipinski definition) is 0. The average molecular weight is 621 g/mol. The van der Waals surface area contributed by atoms with Gasteiger partial charge >= 0.3 is 0 Å². The zero-order chi connectivity index (χ0) is 33.1. The van der Waals surface area contributed by atoms with Gasteiger partial charge in [-0.2, -0.15) is 21.0 Å². The normalized spacial score (nSPS) is 13.6. The van der Waals surface area contributed by atoms with Gasteiger partial charge in [0.25, 0.3) is 0 Å². The molecule has 6 nitrogen and oxygen atoms in total. The highest BCUT2D eigenvalue weighted by Gasteiger charge is 2.42. The lowest BCUT2D eigenvalue weighted by molar-refractivity contribution is 0.668. The first-order valence-corrected chi connectivity index (χ1v) is 16.1. The minimum Gasteiger partial charge on any atom is -0.308 e. The molecule has 0 saturated heterocycles. The summed E-state index contributed by atoms with van der Waals surface area (Å²) < 4.78 is 4.49. The second-order valence-corrected chi connectivity index (χ2v) is 13.8. The molecule has 49 heavy (non-hydrogen) atoms. The molecule has 0 aliphatic heterocycles. The first-order valence-electron chi connectivity index (χ1n) is 16.1. The fraction of sp³-hybridized carbons (Fsp3) is 0.0698. The summed E-state index contributed by atoms with van der Waals surface area (Å²) in [6, 6.07) is 37.7. The molecule has 1 aliphatic rings. The fourth-order valence-corrected chi connectivity index (χ4v) is 9.26. The molecule has 0 fully saturated rings. The van der Waals surface area contributed by atoms with Gasteiger partial charge in [0.2, 0.25) is 0 Å². The van der Waals surface area contributed by atoms with Crippen molar-refractivity contribution in [1.29, 1.82) is 21.0 Å². The van der Waals surface area contributed by atoms with Gasteiger partial charge in [-0.1, -0.05) is 38.1 Å². The number of rotatable bonds is 0. The Kier molecular flexibility index (Phi) is 4.37. The summed E-state index contributed by atoms with van der Waals surface area (Å²) >= 11 is 0. The van der Waals surface area contributed by atoms with Crippen molar-refractivity contribution in [1.82, 2.24) is 8.80 Å². The van der Waals surface area contributed by atoms with Gasteiger partial charge in [-0.15, -0.1) is 0 Å². The van der Waals surface area contributed by atoms with Gasteiger partial charge in [0.05, 0.1) is 79.6 Å². The van der Waals surface area contributed by atoms with Gasteiger partial charge < -0.3 is 8.80 Å². The Bertz CT molecular complexity index is 3400. The van der Waals surface area contributed by atoms with Crippen LogP contribution in [0.1, 0.15) is 47.2 Å². The van der Waals surface area contributed by atoms with Crippen LogP contribution >= 0.6 is 0 Å².